The SMILES string of the molecule is CC[C@@H](C)Nc1nc(-c2ccncc2)nc2ccccc12. The molecule has 0 bridgehead atoms. The molecule has 4 heteroatoms. The summed E-state index contributed by atoms with van der Waals surface area (Å²) < 4.78 is 0. The zero-order valence-corrected chi connectivity index (χ0v) is 12.2. The number of nitrogens with zero attached hydrogens (tertiary/aromatic N) is 3. The molecule has 2 aromatic heterocycles. The summed E-state index contributed by atoms with van der Waals surface area (Å²) in [6, 6.07) is 12.3. The first-order valence-corrected chi connectivity index (χ1v) is 7.21. The normalized spacial score (nSPS) is 12.3. The number of pyridine rings is 1. The van der Waals surface area contributed by atoms with E-state index in [0.717, 1.165) is 34.5 Å². The van der Waals surface area contributed by atoms with Crippen molar-refractivity contribution in [2.24, 2.45) is 0 Å². The van der Waals surface area contributed by atoms with E-state index in [9.17, 15) is 0 Å². The van der Waals surface area contributed by atoms with Gasteiger partial charge in [-0.1, -0.05) is 19.1 Å². The summed E-state index contributed by atoms with van der Waals surface area (Å²) in [6.45, 7) is 4.31. The average Bonchev–Trinajstić information content (AvgIpc) is 2.55. The van der Waals surface area contributed by atoms with Gasteiger partial charge in [0.1, 0.15) is 5.82 Å². The fourth-order valence-electron chi connectivity index (χ4n) is 2.15. The summed E-state index contributed by atoms with van der Waals surface area (Å²) in [6.07, 6.45) is 4.56. The molecule has 1 N–H and O–H groups in total. The van der Waals surface area contributed by atoms with E-state index in [0.29, 0.717) is 6.04 Å². The van der Waals surface area contributed by atoms with E-state index in [-0.39, 0.29) is 0 Å². The van der Waals surface area contributed by atoms with Crippen molar-refractivity contribution in [3.63, 3.8) is 0 Å². The first-order chi connectivity index (χ1) is 10.3. The van der Waals surface area contributed by atoms with Gasteiger partial charge in [-0.3, -0.25) is 4.98 Å². The predicted molar refractivity (Wildman–Crippen MR) is 86.1 cm³/mol. The number of rotatable bonds is 4. The van der Waals surface area contributed by atoms with Crippen LogP contribution in [0.4, 0.5) is 5.82 Å². The Labute approximate surface area is 124 Å². The van der Waals surface area contributed by atoms with Crippen molar-refractivity contribution in [2.75, 3.05) is 5.32 Å². The summed E-state index contributed by atoms with van der Waals surface area (Å²) in [5.74, 6) is 1.61. The van der Waals surface area contributed by atoms with Crippen LogP contribution in [0, 0.1) is 0 Å². The van der Waals surface area contributed by atoms with Crippen LogP contribution in [0.15, 0.2) is 48.8 Å². The highest BCUT2D eigenvalue weighted by atomic mass is 15.0. The molecule has 106 valence electrons. The molecule has 0 fully saturated rings. The summed E-state index contributed by atoms with van der Waals surface area (Å²) in [7, 11) is 0. The number of aromatic nitrogens is 3. The Bertz CT molecular complexity index is 740. The van der Waals surface area contributed by atoms with Crippen LogP contribution in [-0.2, 0) is 0 Å². The van der Waals surface area contributed by atoms with Crippen LogP contribution in [0.5, 0.6) is 0 Å². The molecule has 1 aromatic carbocycles. The van der Waals surface area contributed by atoms with Crippen LogP contribution in [0.3, 0.4) is 0 Å². The molecule has 3 rings (SSSR count). The maximum atomic E-state index is 4.71. The number of para-hydroxylation sites is 1. The third kappa shape index (κ3) is 2.84. The lowest BCUT2D eigenvalue weighted by Gasteiger charge is -2.15. The third-order valence-corrected chi connectivity index (χ3v) is 3.54. The Morgan fingerprint density at radius 3 is 2.57 bits per heavy atom. The van der Waals surface area contributed by atoms with Gasteiger partial charge in [0.15, 0.2) is 5.82 Å². The number of hydrogen-bond acceptors (Lipinski definition) is 4. The minimum absolute atomic E-state index is 0.369. The van der Waals surface area contributed by atoms with Crippen LogP contribution in [-0.4, -0.2) is 21.0 Å². The van der Waals surface area contributed by atoms with E-state index in [1.54, 1.807) is 12.4 Å². The Balaban J connectivity index is 2.15. The molecule has 0 aliphatic rings. The highest BCUT2D eigenvalue weighted by Gasteiger charge is 2.10. The molecule has 2 heterocycles. The standard InChI is InChI=1S/C17H18N4/c1-3-12(2)19-17-14-6-4-5-7-15(14)20-16(21-17)13-8-10-18-11-9-13/h4-12H,3H2,1-2H3,(H,19,20,21)/t12-/m1/s1. The summed E-state index contributed by atoms with van der Waals surface area (Å²) in [5.41, 5.74) is 1.92. The van der Waals surface area contributed by atoms with Gasteiger partial charge < -0.3 is 5.32 Å². The van der Waals surface area contributed by atoms with E-state index in [1.807, 2.05) is 30.3 Å². The smallest absolute Gasteiger partial charge is 0.162 e. The maximum Gasteiger partial charge on any atom is 0.162 e. The summed E-state index contributed by atoms with van der Waals surface area (Å²) in [4.78, 5) is 13.4. The highest BCUT2D eigenvalue weighted by molar-refractivity contribution is 5.90. The monoisotopic (exact) mass is 278 g/mol. The highest BCUT2D eigenvalue weighted by Crippen LogP contribution is 2.25. The van der Waals surface area contributed by atoms with Gasteiger partial charge >= 0.3 is 0 Å². The minimum Gasteiger partial charge on any atom is -0.367 e. The Kier molecular flexibility index (Phi) is 3.77. The first kappa shape index (κ1) is 13.5. The molecule has 0 spiro atoms. The Hall–Kier alpha value is -2.49. The van der Waals surface area contributed by atoms with Gasteiger partial charge in [-0.25, -0.2) is 9.97 Å². The molecule has 1 atom stereocenters. The maximum absolute atomic E-state index is 4.71. The molecule has 0 unspecified atom stereocenters. The number of benzene rings is 1. The van der Waals surface area contributed by atoms with Gasteiger partial charge in [-0.2, -0.15) is 0 Å². The zero-order chi connectivity index (χ0) is 14.7. The molecule has 0 radical (unpaired) electrons. The fourth-order valence-corrected chi connectivity index (χ4v) is 2.15. The molecule has 0 aliphatic carbocycles. The second-order valence-corrected chi connectivity index (χ2v) is 5.10. The second-order valence-electron chi connectivity index (χ2n) is 5.10. The molecule has 4 nitrogen and oxygen atoms in total. The van der Waals surface area contributed by atoms with E-state index in [2.05, 4.69) is 35.2 Å². The summed E-state index contributed by atoms with van der Waals surface area (Å²) >= 11 is 0. The molecular weight excluding hydrogens is 260 g/mol. The van der Waals surface area contributed by atoms with Gasteiger partial charge in [-0.05, 0) is 37.6 Å². The van der Waals surface area contributed by atoms with E-state index in [1.165, 1.54) is 0 Å². The average molecular weight is 278 g/mol. The number of fused-ring (bicyclic) bond motifs is 1. The van der Waals surface area contributed by atoms with Crippen molar-refractivity contribution >= 4 is 16.7 Å². The minimum atomic E-state index is 0.369. The topological polar surface area (TPSA) is 50.7 Å². The van der Waals surface area contributed by atoms with Crippen molar-refractivity contribution in [1.29, 1.82) is 0 Å². The van der Waals surface area contributed by atoms with E-state index >= 15 is 0 Å². The molecule has 0 saturated heterocycles. The molecule has 0 saturated carbocycles. The van der Waals surface area contributed by atoms with Gasteiger partial charge in [0.2, 0.25) is 0 Å². The van der Waals surface area contributed by atoms with E-state index in [4.69, 9.17) is 4.98 Å². The zero-order valence-electron chi connectivity index (χ0n) is 12.2. The Morgan fingerprint density at radius 2 is 1.81 bits per heavy atom. The molecular formula is C17H18N4. The van der Waals surface area contributed by atoms with Crippen molar-refractivity contribution in [3.05, 3.63) is 48.8 Å². The lowest BCUT2D eigenvalue weighted by Crippen LogP contribution is -2.15. The molecule has 3 aromatic rings. The van der Waals surface area contributed by atoms with Crippen LogP contribution in [0.1, 0.15) is 20.3 Å². The van der Waals surface area contributed by atoms with Crippen molar-refractivity contribution in [2.45, 2.75) is 26.3 Å². The predicted octanol–water partition coefficient (Wildman–Crippen LogP) is 3.90. The van der Waals surface area contributed by atoms with Gasteiger partial charge in [0.05, 0.1) is 5.52 Å². The quantitative estimate of drug-likeness (QED) is 0.786. The van der Waals surface area contributed by atoms with Crippen LogP contribution in [0.25, 0.3) is 22.3 Å². The van der Waals surface area contributed by atoms with Gasteiger partial charge in [0, 0.05) is 29.4 Å². The van der Waals surface area contributed by atoms with Crippen molar-refractivity contribution in [1.82, 2.24) is 15.0 Å². The van der Waals surface area contributed by atoms with Crippen LogP contribution in [0.2, 0.25) is 0 Å². The number of nitrogens with one attached hydrogen (secondary N) is 1. The molecule has 21 heavy (non-hydrogen) atoms. The van der Waals surface area contributed by atoms with Crippen molar-refractivity contribution in [3.8, 4) is 11.4 Å². The van der Waals surface area contributed by atoms with Gasteiger partial charge in [0.25, 0.3) is 0 Å². The lowest BCUT2D eigenvalue weighted by molar-refractivity contribution is 0.760. The van der Waals surface area contributed by atoms with E-state index < -0.39 is 0 Å². The third-order valence-electron chi connectivity index (χ3n) is 3.54. The van der Waals surface area contributed by atoms with Crippen LogP contribution < -0.4 is 5.32 Å². The number of anilines is 1. The number of hydrogen-bond donors (Lipinski definition) is 1. The van der Waals surface area contributed by atoms with Crippen molar-refractivity contribution < 1.29 is 0 Å². The lowest BCUT2D eigenvalue weighted by atomic mass is 10.2. The summed E-state index contributed by atoms with van der Waals surface area (Å²) in [5, 5.41) is 4.53. The fraction of sp³-hybridized carbons (Fsp3) is 0.235. The molecule has 0 amide bonds. The largest absolute Gasteiger partial charge is 0.367 e. The second kappa shape index (κ2) is 5.87. The van der Waals surface area contributed by atoms with Gasteiger partial charge in [-0.15, -0.1) is 0 Å². The first-order valence-electron chi connectivity index (χ1n) is 7.21. The van der Waals surface area contributed by atoms with Crippen LogP contribution >= 0.6 is 0 Å². The molecule has 0 aliphatic heterocycles. The Morgan fingerprint density at radius 1 is 1.05 bits per heavy atom.